The highest BCUT2D eigenvalue weighted by Crippen LogP contribution is 2.27. The van der Waals surface area contributed by atoms with Crippen molar-refractivity contribution in [2.24, 2.45) is 0 Å². The topological polar surface area (TPSA) is 77.2 Å². The number of amides is 1. The highest BCUT2D eigenvalue weighted by molar-refractivity contribution is 6.06. The van der Waals surface area contributed by atoms with Crippen molar-refractivity contribution in [1.82, 2.24) is 4.98 Å². The van der Waals surface area contributed by atoms with E-state index in [9.17, 15) is 9.18 Å². The summed E-state index contributed by atoms with van der Waals surface area (Å²) >= 11 is 0. The number of nitrogens with one attached hydrogen (secondary N) is 1. The van der Waals surface area contributed by atoms with E-state index in [2.05, 4.69) is 10.3 Å². The summed E-state index contributed by atoms with van der Waals surface area (Å²) in [5, 5.41) is 2.71. The fourth-order valence-corrected chi connectivity index (χ4v) is 2.39. The van der Waals surface area contributed by atoms with Crippen molar-refractivity contribution in [1.29, 1.82) is 0 Å². The van der Waals surface area contributed by atoms with Crippen molar-refractivity contribution in [3.63, 3.8) is 0 Å². The monoisotopic (exact) mass is 337 g/mol. The Morgan fingerprint density at radius 3 is 2.52 bits per heavy atom. The minimum atomic E-state index is -0.603. The predicted octanol–water partition coefficient (Wildman–Crippen LogP) is 3.73. The molecule has 0 aliphatic rings. The molecule has 0 spiro atoms. The van der Waals surface area contributed by atoms with Crippen LogP contribution in [0.3, 0.4) is 0 Å². The molecule has 0 fully saturated rings. The largest absolute Gasteiger partial charge is 0.494 e. The first-order valence-electron chi connectivity index (χ1n) is 7.53. The van der Waals surface area contributed by atoms with Crippen LogP contribution in [-0.4, -0.2) is 18.0 Å². The number of ether oxygens (including phenoxy) is 1. The molecule has 3 aromatic rings. The number of carbonyl (C=O) groups excluding carboxylic acids is 1. The molecule has 1 heterocycles. The van der Waals surface area contributed by atoms with E-state index >= 15 is 0 Å². The van der Waals surface area contributed by atoms with Crippen LogP contribution in [0.15, 0.2) is 60.9 Å². The zero-order chi connectivity index (χ0) is 17.8. The number of carbonyl (C=O) groups is 1. The lowest BCUT2D eigenvalue weighted by Gasteiger charge is -2.11. The summed E-state index contributed by atoms with van der Waals surface area (Å²) in [4.78, 5) is 16.4. The number of nitrogen functional groups attached to an aromatic ring is 1. The van der Waals surface area contributed by atoms with Gasteiger partial charge in [0.05, 0.1) is 18.5 Å². The zero-order valence-electron chi connectivity index (χ0n) is 13.5. The van der Waals surface area contributed by atoms with E-state index in [-0.39, 0.29) is 11.3 Å². The SMILES string of the molecule is COc1ccc(C(=O)Nc2cc(-c3ccncc3)ccc2N)cc1F. The molecule has 1 aromatic heterocycles. The van der Waals surface area contributed by atoms with Crippen molar-refractivity contribution >= 4 is 17.3 Å². The second kappa shape index (κ2) is 7.00. The molecule has 3 rings (SSSR count). The molecule has 25 heavy (non-hydrogen) atoms. The molecular weight excluding hydrogens is 321 g/mol. The Hall–Kier alpha value is -3.41. The van der Waals surface area contributed by atoms with Crippen LogP contribution in [0.5, 0.6) is 5.75 Å². The smallest absolute Gasteiger partial charge is 0.255 e. The molecule has 6 heteroatoms. The van der Waals surface area contributed by atoms with Crippen LogP contribution in [0.25, 0.3) is 11.1 Å². The number of methoxy groups -OCH3 is 1. The summed E-state index contributed by atoms with van der Waals surface area (Å²) in [7, 11) is 1.36. The second-order valence-electron chi connectivity index (χ2n) is 5.34. The third-order valence-electron chi connectivity index (χ3n) is 3.73. The Balaban J connectivity index is 1.87. The standard InChI is InChI=1S/C19H16FN3O2/c1-25-18-5-3-14(10-15(18)20)19(24)23-17-11-13(2-4-16(17)21)12-6-8-22-9-7-12/h2-11H,21H2,1H3,(H,23,24). The van der Waals surface area contributed by atoms with Crippen molar-refractivity contribution in [2.75, 3.05) is 18.2 Å². The molecular formula is C19H16FN3O2. The maximum atomic E-state index is 13.8. The van der Waals surface area contributed by atoms with Crippen molar-refractivity contribution in [2.45, 2.75) is 0 Å². The number of nitrogens with zero attached hydrogens (tertiary/aromatic N) is 1. The van der Waals surface area contributed by atoms with E-state index in [1.54, 1.807) is 24.5 Å². The summed E-state index contributed by atoms with van der Waals surface area (Å²) in [6.07, 6.45) is 3.37. The molecule has 1 amide bonds. The maximum absolute atomic E-state index is 13.8. The van der Waals surface area contributed by atoms with Crippen LogP contribution in [0.4, 0.5) is 15.8 Å². The summed E-state index contributed by atoms with van der Waals surface area (Å²) in [6, 6.07) is 13.1. The summed E-state index contributed by atoms with van der Waals surface area (Å²) in [5.41, 5.74) is 8.82. The van der Waals surface area contributed by atoms with Gasteiger partial charge in [-0.2, -0.15) is 0 Å². The Kier molecular flexibility index (Phi) is 4.61. The van der Waals surface area contributed by atoms with Crippen molar-refractivity contribution in [3.8, 4) is 16.9 Å². The van der Waals surface area contributed by atoms with E-state index in [0.717, 1.165) is 17.2 Å². The Labute approximate surface area is 144 Å². The van der Waals surface area contributed by atoms with Crippen LogP contribution in [0.1, 0.15) is 10.4 Å². The van der Waals surface area contributed by atoms with Gasteiger partial charge in [-0.3, -0.25) is 9.78 Å². The van der Waals surface area contributed by atoms with Gasteiger partial charge >= 0.3 is 0 Å². The zero-order valence-corrected chi connectivity index (χ0v) is 13.5. The lowest BCUT2D eigenvalue weighted by atomic mass is 10.1. The van der Waals surface area contributed by atoms with Gasteiger partial charge in [0.1, 0.15) is 0 Å². The molecule has 0 saturated carbocycles. The number of rotatable bonds is 4. The number of hydrogen-bond donors (Lipinski definition) is 2. The van der Waals surface area contributed by atoms with E-state index in [1.807, 2.05) is 18.2 Å². The number of halogens is 1. The number of hydrogen-bond acceptors (Lipinski definition) is 4. The van der Waals surface area contributed by atoms with E-state index < -0.39 is 11.7 Å². The predicted molar refractivity (Wildman–Crippen MR) is 95.0 cm³/mol. The molecule has 3 N–H and O–H groups in total. The molecule has 2 aromatic carbocycles. The van der Waals surface area contributed by atoms with Gasteiger partial charge in [0.25, 0.3) is 5.91 Å². The van der Waals surface area contributed by atoms with Gasteiger partial charge in [-0.1, -0.05) is 6.07 Å². The number of benzene rings is 2. The Morgan fingerprint density at radius 1 is 1.08 bits per heavy atom. The van der Waals surface area contributed by atoms with Gasteiger partial charge < -0.3 is 15.8 Å². The van der Waals surface area contributed by atoms with Gasteiger partial charge in [0.15, 0.2) is 11.6 Å². The molecule has 0 aliphatic heterocycles. The average molecular weight is 337 g/mol. The normalized spacial score (nSPS) is 10.3. The van der Waals surface area contributed by atoms with Crippen LogP contribution in [-0.2, 0) is 0 Å². The minimum Gasteiger partial charge on any atom is -0.494 e. The van der Waals surface area contributed by atoms with Gasteiger partial charge in [0.2, 0.25) is 0 Å². The number of anilines is 2. The minimum absolute atomic E-state index is 0.0794. The van der Waals surface area contributed by atoms with Crippen LogP contribution < -0.4 is 15.8 Å². The Bertz CT molecular complexity index is 914. The highest BCUT2D eigenvalue weighted by Gasteiger charge is 2.12. The summed E-state index contributed by atoms with van der Waals surface area (Å²) in [6.45, 7) is 0. The molecule has 0 atom stereocenters. The summed E-state index contributed by atoms with van der Waals surface area (Å²) in [5.74, 6) is -0.982. The molecule has 0 saturated heterocycles. The first kappa shape index (κ1) is 16.4. The van der Waals surface area contributed by atoms with Gasteiger partial charge in [0, 0.05) is 18.0 Å². The molecule has 5 nitrogen and oxygen atoms in total. The van der Waals surface area contributed by atoms with E-state index in [0.29, 0.717) is 11.4 Å². The molecule has 0 bridgehead atoms. The van der Waals surface area contributed by atoms with E-state index in [4.69, 9.17) is 10.5 Å². The van der Waals surface area contributed by atoms with Gasteiger partial charge in [-0.05, 0) is 53.6 Å². The molecule has 0 radical (unpaired) electrons. The van der Waals surface area contributed by atoms with E-state index in [1.165, 1.54) is 19.2 Å². The second-order valence-corrected chi connectivity index (χ2v) is 5.34. The van der Waals surface area contributed by atoms with Crippen LogP contribution in [0, 0.1) is 5.82 Å². The molecule has 0 unspecified atom stereocenters. The van der Waals surface area contributed by atoms with Crippen LogP contribution in [0.2, 0.25) is 0 Å². The van der Waals surface area contributed by atoms with Crippen molar-refractivity contribution < 1.29 is 13.9 Å². The van der Waals surface area contributed by atoms with Gasteiger partial charge in [-0.15, -0.1) is 0 Å². The fourth-order valence-electron chi connectivity index (χ4n) is 2.39. The number of aromatic nitrogens is 1. The molecule has 126 valence electrons. The number of pyridine rings is 1. The van der Waals surface area contributed by atoms with Gasteiger partial charge in [-0.25, -0.2) is 4.39 Å². The highest BCUT2D eigenvalue weighted by atomic mass is 19.1. The first-order chi connectivity index (χ1) is 12.1. The lowest BCUT2D eigenvalue weighted by molar-refractivity contribution is 0.102. The Morgan fingerprint density at radius 2 is 1.84 bits per heavy atom. The average Bonchev–Trinajstić information content (AvgIpc) is 2.64. The van der Waals surface area contributed by atoms with Crippen LogP contribution >= 0.6 is 0 Å². The molecule has 0 aliphatic carbocycles. The quantitative estimate of drug-likeness (QED) is 0.711. The third kappa shape index (κ3) is 3.58. The number of nitrogens with two attached hydrogens (primary N) is 1. The first-order valence-corrected chi connectivity index (χ1v) is 7.53. The maximum Gasteiger partial charge on any atom is 0.255 e. The summed E-state index contributed by atoms with van der Waals surface area (Å²) < 4.78 is 18.6. The fraction of sp³-hybridized carbons (Fsp3) is 0.0526. The third-order valence-corrected chi connectivity index (χ3v) is 3.73. The van der Waals surface area contributed by atoms with Crippen molar-refractivity contribution in [3.05, 3.63) is 72.3 Å². The lowest BCUT2D eigenvalue weighted by Crippen LogP contribution is -2.13.